The molecule has 2 N–H and O–H groups in total. The van der Waals surface area contributed by atoms with Crippen molar-refractivity contribution < 1.29 is 27.6 Å². The zero-order valence-corrected chi connectivity index (χ0v) is 27.8. The lowest BCUT2D eigenvalue weighted by Crippen LogP contribution is -2.65. The Hall–Kier alpha value is -1.75. The molecule has 0 spiro atoms. The summed E-state index contributed by atoms with van der Waals surface area (Å²) < 4.78 is 29.2. The van der Waals surface area contributed by atoms with E-state index < -0.39 is 47.1 Å². The first kappa shape index (κ1) is 31.2. The van der Waals surface area contributed by atoms with Gasteiger partial charge in [-0.05, 0) is 22.2 Å². The van der Waals surface area contributed by atoms with Gasteiger partial charge in [0.15, 0.2) is 23.2 Å². The number of anilines is 1. The molecule has 40 heavy (non-hydrogen) atoms. The van der Waals surface area contributed by atoms with E-state index in [4.69, 9.17) is 17.7 Å². The van der Waals surface area contributed by atoms with Gasteiger partial charge in [-0.15, -0.1) is 0 Å². The van der Waals surface area contributed by atoms with E-state index in [9.17, 15) is 9.90 Å². The monoisotopic (exact) mass is 593 g/mol. The van der Waals surface area contributed by atoms with Crippen LogP contribution in [-0.4, -0.2) is 72.6 Å². The van der Waals surface area contributed by atoms with Crippen LogP contribution < -0.4 is 5.32 Å². The summed E-state index contributed by atoms with van der Waals surface area (Å²) in [4.78, 5) is 25.8. The number of carbonyl (C=O) groups excluding carboxylic acids is 1. The molecule has 1 amide bonds. The molecule has 0 aromatic carbocycles. The number of rotatable bonds is 6. The SMILES string of the molecule is CC(C)[Si]1(C(C)C)OC[C@H]2O[C@@H](n3cnc4c(NC(=O)C(C)(C)C)ncnc43)[C@H](O)[C@@H]2O[Si](C(C)C)(C(C)C)O1. The molecule has 224 valence electrons. The Morgan fingerprint density at radius 2 is 1.60 bits per heavy atom. The third-order valence-electron chi connectivity index (χ3n) is 8.19. The van der Waals surface area contributed by atoms with Gasteiger partial charge in [-0.2, -0.15) is 0 Å². The van der Waals surface area contributed by atoms with Crippen LogP contribution in [0.2, 0.25) is 22.2 Å². The molecular formula is C27H47N5O6Si2. The predicted molar refractivity (Wildman–Crippen MR) is 157 cm³/mol. The normalized spacial score (nSPS) is 26.9. The van der Waals surface area contributed by atoms with E-state index in [0.717, 1.165) is 0 Å². The fourth-order valence-corrected chi connectivity index (χ4v) is 17.0. The highest BCUT2D eigenvalue weighted by molar-refractivity contribution is 6.84. The fraction of sp³-hybridized carbons (Fsp3) is 0.778. The summed E-state index contributed by atoms with van der Waals surface area (Å²) >= 11 is 0. The van der Waals surface area contributed by atoms with Crippen molar-refractivity contribution in [3.63, 3.8) is 0 Å². The maximum absolute atomic E-state index is 12.6. The summed E-state index contributed by atoms with van der Waals surface area (Å²) in [6, 6.07) is 0. The summed E-state index contributed by atoms with van der Waals surface area (Å²) in [5.74, 6) is 0.126. The van der Waals surface area contributed by atoms with E-state index in [-0.39, 0.29) is 34.7 Å². The van der Waals surface area contributed by atoms with Gasteiger partial charge in [0.2, 0.25) is 5.91 Å². The number of carbonyl (C=O) groups is 1. The van der Waals surface area contributed by atoms with Crippen LogP contribution in [0.15, 0.2) is 12.7 Å². The Morgan fingerprint density at radius 1 is 1.00 bits per heavy atom. The van der Waals surface area contributed by atoms with Gasteiger partial charge in [-0.25, -0.2) is 15.0 Å². The molecule has 13 heteroatoms. The van der Waals surface area contributed by atoms with E-state index >= 15 is 0 Å². The van der Waals surface area contributed by atoms with E-state index in [1.807, 2.05) is 20.8 Å². The predicted octanol–water partition coefficient (Wildman–Crippen LogP) is 5.03. The van der Waals surface area contributed by atoms with Gasteiger partial charge in [0.05, 0.1) is 12.9 Å². The zero-order chi connectivity index (χ0) is 29.8. The lowest BCUT2D eigenvalue weighted by molar-refractivity contribution is -0.123. The molecule has 2 aromatic heterocycles. The minimum absolute atomic E-state index is 0.126. The number of aromatic nitrogens is 4. The van der Waals surface area contributed by atoms with E-state index in [2.05, 4.69) is 75.7 Å². The van der Waals surface area contributed by atoms with Crippen molar-refractivity contribution in [2.24, 2.45) is 5.41 Å². The van der Waals surface area contributed by atoms with Crippen molar-refractivity contribution in [2.75, 3.05) is 11.9 Å². The Kier molecular flexibility index (Phi) is 8.70. The number of nitrogens with zero attached hydrogens (tertiary/aromatic N) is 4. The summed E-state index contributed by atoms with van der Waals surface area (Å²) in [7, 11) is -5.66. The van der Waals surface area contributed by atoms with Crippen molar-refractivity contribution in [3.05, 3.63) is 12.7 Å². The molecule has 0 bridgehead atoms. The summed E-state index contributed by atoms with van der Waals surface area (Å²) in [6.07, 6.45) is -0.0501. The average molecular weight is 594 g/mol. The largest absolute Gasteiger partial charge is 0.414 e. The highest BCUT2D eigenvalue weighted by Crippen LogP contribution is 2.48. The molecular weight excluding hydrogens is 546 g/mol. The number of fused-ring (bicyclic) bond motifs is 2. The van der Waals surface area contributed by atoms with Crippen LogP contribution >= 0.6 is 0 Å². The van der Waals surface area contributed by atoms with Crippen molar-refractivity contribution in [1.82, 2.24) is 19.5 Å². The molecule has 4 heterocycles. The number of nitrogens with one attached hydrogen (secondary N) is 1. The van der Waals surface area contributed by atoms with Crippen LogP contribution in [0.25, 0.3) is 11.2 Å². The summed E-state index contributed by atoms with van der Waals surface area (Å²) in [5.41, 5.74) is 0.913. The first-order valence-corrected chi connectivity index (χ1v) is 18.3. The maximum atomic E-state index is 12.6. The maximum Gasteiger partial charge on any atom is 0.335 e. The Morgan fingerprint density at radius 3 is 2.15 bits per heavy atom. The van der Waals surface area contributed by atoms with E-state index in [0.29, 0.717) is 17.0 Å². The minimum atomic E-state index is -2.92. The molecule has 2 aliphatic heterocycles. The molecule has 0 unspecified atom stereocenters. The van der Waals surface area contributed by atoms with Crippen molar-refractivity contribution in [2.45, 2.75) is 123 Å². The van der Waals surface area contributed by atoms with Crippen molar-refractivity contribution in [1.29, 1.82) is 0 Å². The van der Waals surface area contributed by atoms with E-state index in [1.54, 1.807) is 10.9 Å². The molecule has 0 radical (unpaired) electrons. The van der Waals surface area contributed by atoms with Crippen LogP contribution in [0, 0.1) is 5.41 Å². The first-order chi connectivity index (χ1) is 18.5. The smallest absolute Gasteiger partial charge is 0.335 e. The lowest BCUT2D eigenvalue weighted by atomic mass is 9.96. The second-order valence-electron chi connectivity index (χ2n) is 13.4. The van der Waals surface area contributed by atoms with Crippen LogP contribution in [0.3, 0.4) is 0 Å². The zero-order valence-electron chi connectivity index (χ0n) is 25.8. The number of amides is 1. The minimum Gasteiger partial charge on any atom is -0.414 e. The average Bonchev–Trinajstić information content (AvgIpc) is 3.39. The molecule has 2 aromatic rings. The number of aliphatic hydroxyl groups excluding tert-OH is 1. The van der Waals surface area contributed by atoms with Crippen molar-refractivity contribution >= 4 is 40.0 Å². The first-order valence-electron chi connectivity index (χ1n) is 14.4. The van der Waals surface area contributed by atoms with Crippen LogP contribution in [0.5, 0.6) is 0 Å². The van der Waals surface area contributed by atoms with Crippen molar-refractivity contribution in [3.8, 4) is 0 Å². The van der Waals surface area contributed by atoms with Gasteiger partial charge < -0.3 is 28.1 Å². The third kappa shape index (κ3) is 5.29. The molecule has 2 aliphatic rings. The van der Waals surface area contributed by atoms with Gasteiger partial charge in [-0.3, -0.25) is 9.36 Å². The molecule has 2 fully saturated rings. The van der Waals surface area contributed by atoms with E-state index in [1.165, 1.54) is 6.33 Å². The summed E-state index contributed by atoms with van der Waals surface area (Å²) in [5, 5.41) is 14.6. The number of aliphatic hydroxyl groups is 1. The number of ether oxygens (including phenoxy) is 1. The van der Waals surface area contributed by atoms with Crippen LogP contribution in [0.1, 0.15) is 82.4 Å². The molecule has 4 atom stereocenters. The number of imidazole rings is 1. The number of hydrogen-bond donors (Lipinski definition) is 2. The quantitative estimate of drug-likeness (QED) is 0.443. The topological polar surface area (TPSA) is 130 Å². The lowest BCUT2D eigenvalue weighted by Gasteiger charge is -2.51. The number of hydrogen-bond acceptors (Lipinski definition) is 9. The fourth-order valence-electron chi connectivity index (χ4n) is 5.79. The highest BCUT2D eigenvalue weighted by atomic mass is 28.5. The van der Waals surface area contributed by atoms with Gasteiger partial charge >= 0.3 is 17.1 Å². The molecule has 2 saturated heterocycles. The molecule has 0 saturated carbocycles. The Balaban J connectivity index is 1.73. The van der Waals surface area contributed by atoms with Crippen LogP contribution in [0.4, 0.5) is 5.82 Å². The standard InChI is InChI=1S/C27H47N5O6Si2/c1-15(2)39(16(3)4)35-12-19-22(37-40(38-39,17(5)6)18(7)8)21(33)25(36-19)32-14-30-20-23(28-13-29-24(20)32)31-26(34)27(9,10)11/h13-19,21-22,25,33H,12H2,1-11H3,(H,28,29,31,34)/t19-,21-,22-,25-/m1/s1. The Labute approximate surface area is 239 Å². The molecule has 11 nitrogen and oxygen atoms in total. The molecule has 0 aliphatic carbocycles. The van der Waals surface area contributed by atoms with Gasteiger partial charge in [0, 0.05) is 5.41 Å². The second-order valence-corrected chi connectivity index (χ2v) is 22.2. The second kappa shape index (κ2) is 11.2. The summed E-state index contributed by atoms with van der Waals surface area (Å²) in [6.45, 7) is 23.0. The van der Waals surface area contributed by atoms with Crippen LogP contribution in [-0.2, 0) is 22.5 Å². The van der Waals surface area contributed by atoms with Gasteiger partial charge in [0.25, 0.3) is 0 Å². The highest BCUT2D eigenvalue weighted by Gasteiger charge is 2.61. The van der Waals surface area contributed by atoms with Gasteiger partial charge in [0.1, 0.15) is 24.6 Å². The molecule has 4 rings (SSSR count). The van der Waals surface area contributed by atoms with Gasteiger partial charge in [-0.1, -0.05) is 76.2 Å². The Bertz CT molecular complexity index is 1200. The third-order valence-corrected chi connectivity index (χ3v) is 18.4.